The Bertz CT molecular complexity index is 493. The number of rotatable bonds is 7. The molecule has 118 valence electrons. The Balaban J connectivity index is 3.25. The fourth-order valence-corrected chi connectivity index (χ4v) is 2.07. The largest absolute Gasteiger partial charge is 0.493 e. The molecular weight excluding hydrogens is 291 g/mol. The summed E-state index contributed by atoms with van der Waals surface area (Å²) in [6, 6.07) is 2.60. The van der Waals surface area contributed by atoms with Crippen molar-refractivity contribution >= 4 is 0 Å². The van der Waals surface area contributed by atoms with Crippen molar-refractivity contribution in [1.82, 2.24) is 0 Å². The molecule has 0 spiro atoms. The van der Waals surface area contributed by atoms with Crippen molar-refractivity contribution in [3.05, 3.63) is 40.7 Å². The van der Waals surface area contributed by atoms with E-state index in [2.05, 4.69) is 0 Å². The fourth-order valence-electron chi connectivity index (χ4n) is 2.07. The molecule has 1 aromatic rings. The van der Waals surface area contributed by atoms with Gasteiger partial charge in [0.25, 0.3) is 12.9 Å². The Labute approximate surface area is 120 Å². The van der Waals surface area contributed by atoms with Gasteiger partial charge in [0, 0.05) is 5.56 Å². The average molecular weight is 308 g/mol. The fraction of sp³-hybridized carbons (Fsp3) is 0.467. The third-order valence-electron chi connectivity index (χ3n) is 2.91. The first-order chi connectivity index (χ1) is 9.88. The van der Waals surface area contributed by atoms with Crippen molar-refractivity contribution in [2.24, 2.45) is 0 Å². The summed E-state index contributed by atoms with van der Waals surface area (Å²) in [4.78, 5) is 0. The first-order valence-electron chi connectivity index (χ1n) is 6.55. The van der Waals surface area contributed by atoms with Crippen molar-refractivity contribution in [2.45, 2.75) is 39.5 Å². The summed E-state index contributed by atoms with van der Waals surface area (Å²) < 4.78 is 70.2. The highest BCUT2D eigenvalue weighted by Crippen LogP contribution is 2.39. The number of benzene rings is 1. The predicted octanol–water partition coefficient (Wildman–Crippen LogP) is 5.77. The van der Waals surface area contributed by atoms with E-state index in [-0.39, 0.29) is 30.8 Å². The van der Waals surface area contributed by atoms with E-state index in [0.29, 0.717) is 0 Å². The molecule has 1 rings (SSSR count). The van der Waals surface area contributed by atoms with Gasteiger partial charge in [-0.05, 0) is 38.3 Å². The molecule has 0 aromatic heterocycles. The smallest absolute Gasteiger partial charge is 0.267 e. The van der Waals surface area contributed by atoms with Crippen molar-refractivity contribution < 1.29 is 26.7 Å². The van der Waals surface area contributed by atoms with Crippen LogP contribution in [0, 0.1) is 0 Å². The van der Waals surface area contributed by atoms with E-state index < -0.39 is 29.8 Å². The summed E-state index contributed by atoms with van der Waals surface area (Å²) in [5.41, 5.74) is -1.40. The molecule has 0 unspecified atom stereocenters. The normalized spacial score (nSPS) is 12.3. The summed E-state index contributed by atoms with van der Waals surface area (Å²) in [5, 5.41) is 0. The zero-order valence-corrected chi connectivity index (χ0v) is 11.8. The Morgan fingerprint density at radius 2 is 1.76 bits per heavy atom. The molecule has 1 aromatic carbocycles. The maximum Gasteiger partial charge on any atom is 0.267 e. The average Bonchev–Trinajstić information content (AvgIpc) is 2.38. The molecule has 0 saturated heterocycles. The topological polar surface area (TPSA) is 9.23 Å². The van der Waals surface area contributed by atoms with Crippen LogP contribution in [0.2, 0.25) is 0 Å². The van der Waals surface area contributed by atoms with Gasteiger partial charge in [-0.25, -0.2) is 22.0 Å². The molecule has 21 heavy (non-hydrogen) atoms. The van der Waals surface area contributed by atoms with Crippen LogP contribution in [0.5, 0.6) is 5.75 Å². The van der Waals surface area contributed by atoms with Crippen LogP contribution in [0.1, 0.15) is 49.8 Å². The summed E-state index contributed by atoms with van der Waals surface area (Å²) >= 11 is 0. The van der Waals surface area contributed by atoms with Crippen LogP contribution in [0.3, 0.4) is 0 Å². The molecule has 0 aliphatic carbocycles. The molecule has 0 atom stereocenters. The van der Waals surface area contributed by atoms with Crippen LogP contribution >= 0.6 is 0 Å². The number of allylic oxidation sites excluding steroid dienone is 2. The second kappa shape index (κ2) is 8.00. The predicted molar refractivity (Wildman–Crippen MR) is 70.7 cm³/mol. The van der Waals surface area contributed by atoms with E-state index >= 15 is 0 Å². The third kappa shape index (κ3) is 4.72. The van der Waals surface area contributed by atoms with Crippen molar-refractivity contribution in [2.75, 3.05) is 6.61 Å². The van der Waals surface area contributed by atoms with E-state index in [4.69, 9.17) is 4.74 Å². The van der Waals surface area contributed by atoms with Gasteiger partial charge >= 0.3 is 0 Å². The summed E-state index contributed by atoms with van der Waals surface area (Å²) in [5.74, 6) is -0.669. The van der Waals surface area contributed by atoms with Gasteiger partial charge in [0.1, 0.15) is 5.75 Å². The Morgan fingerprint density at radius 3 is 2.24 bits per heavy atom. The lowest BCUT2D eigenvalue weighted by molar-refractivity contribution is 0.119. The number of hydrogen-bond acceptors (Lipinski definition) is 1. The first kappa shape index (κ1) is 17.5. The highest BCUT2D eigenvalue weighted by molar-refractivity contribution is 5.47. The lowest BCUT2D eigenvalue weighted by atomic mass is 9.96. The Hall–Kier alpha value is -1.59. The molecule has 0 N–H and O–H groups in total. The number of ether oxygens (including phenoxy) is 1. The van der Waals surface area contributed by atoms with Crippen LogP contribution in [-0.4, -0.2) is 6.61 Å². The molecular formula is C15H17F5O. The van der Waals surface area contributed by atoms with Gasteiger partial charge in [-0.15, -0.1) is 0 Å². The van der Waals surface area contributed by atoms with Gasteiger partial charge in [-0.2, -0.15) is 0 Å². The van der Waals surface area contributed by atoms with Crippen LogP contribution in [0.25, 0.3) is 0 Å². The van der Waals surface area contributed by atoms with E-state index in [1.807, 2.05) is 0 Å². The quantitative estimate of drug-likeness (QED) is 0.581. The number of halogens is 5. The zero-order valence-electron chi connectivity index (χ0n) is 11.8. The molecule has 0 aliphatic heterocycles. The van der Waals surface area contributed by atoms with Crippen molar-refractivity contribution in [1.29, 1.82) is 0 Å². The van der Waals surface area contributed by atoms with E-state index in [1.165, 1.54) is 25.1 Å². The summed E-state index contributed by atoms with van der Waals surface area (Å²) in [7, 11) is 0. The van der Waals surface area contributed by atoms with Crippen molar-refractivity contribution in [3.8, 4) is 5.75 Å². The van der Waals surface area contributed by atoms with Crippen LogP contribution in [-0.2, 0) is 6.42 Å². The number of aryl methyl sites for hydroxylation is 1. The van der Waals surface area contributed by atoms with Gasteiger partial charge in [0.15, 0.2) is 0 Å². The maximum atomic E-state index is 13.2. The van der Waals surface area contributed by atoms with Gasteiger partial charge in [0.05, 0.1) is 18.0 Å². The van der Waals surface area contributed by atoms with E-state index in [0.717, 1.165) is 0 Å². The molecule has 0 radical (unpaired) electrons. The first-order valence-corrected chi connectivity index (χ1v) is 6.55. The third-order valence-corrected chi connectivity index (χ3v) is 2.91. The molecule has 0 aliphatic rings. The minimum Gasteiger partial charge on any atom is -0.493 e. The molecule has 0 heterocycles. The second-order valence-electron chi connectivity index (χ2n) is 4.41. The summed E-state index contributed by atoms with van der Waals surface area (Å²) in [6.45, 7) is 2.92. The molecule has 0 fully saturated rings. The lowest BCUT2D eigenvalue weighted by Gasteiger charge is -2.17. The standard InChI is InChI=1S/C15H17F5O/c1-3-21-11-8-7-10(6-4-5-9(2)16)12(14(17)18)13(11)15(19)20/h5,7-8,14-15H,3-4,6H2,1-2H3/b9-5-. The molecule has 1 nitrogen and oxygen atoms in total. The number of alkyl halides is 4. The van der Waals surface area contributed by atoms with E-state index in [9.17, 15) is 22.0 Å². The van der Waals surface area contributed by atoms with Crippen LogP contribution < -0.4 is 4.74 Å². The zero-order chi connectivity index (χ0) is 16.0. The number of hydrogen-bond donors (Lipinski definition) is 0. The second-order valence-corrected chi connectivity index (χ2v) is 4.41. The maximum absolute atomic E-state index is 13.2. The van der Waals surface area contributed by atoms with Gasteiger partial charge < -0.3 is 4.74 Å². The lowest BCUT2D eigenvalue weighted by Crippen LogP contribution is -2.06. The summed E-state index contributed by atoms with van der Waals surface area (Å²) in [6.07, 6.45) is -4.65. The molecule has 0 saturated carbocycles. The molecule has 0 amide bonds. The highest BCUT2D eigenvalue weighted by Gasteiger charge is 2.27. The molecule has 0 bridgehead atoms. The monoisotopic (exact) mass is 308 g/mol. The van der Waals surface area contributed by atoms with E-state index in [1.54, 1.807) is 6.92 Å². The molecule has 6 heteroatoms. The van der Waals surface area contributed by atoms with Crippen LogP contribution in [0.15, 0.2) is 24.0 Å². The Morgan fingerprint density at radius 1 is 1.14 bits per heavy atom. The van der Waals surface area contributed by atoms with Gasteiger partial charge in [-0.3, -0.25) is 0 Å². The minimum absolute atomic E-state index is 0.0626. The van der Waals surface area contributed by atoms with Crippen LogP contribution in [0.4, 0.5) is 22.0 Å². The Kier molecular flexibility index (Phi) is 6.65. The SMILES string of the molecule is CCOc1ccc(CC/C=C(/C)F)c(C(F)F)c1C(F)F. The van der Waals surface area contributed by atoms with Gasteiger partial charge in [0.2, 0.25) is 0 Å². The van der Waals surface area contributed by atoms with Crippen molar-refractivity contribution in [3.63, 3.8) is 0 Å². The minimum atomic E-state index is -3.06. The van der Waals surface area contributed by atoms with Gasteiger partial charge in [-0.1, -0.05) is 12.1 Å². The highest BCUT2D eigenvalue weighted by atomic mass is 19.3.